The summed E-state index contributed by atoms with van der Waals surface area (Å²) in [5.74, 6) is -1.10. The molecule has 0 aliphatic heterocycles. The number of allylic oxidation sites excluding steroid dienone is 1. The SMILES string of the molecule is C=CCCCC[C@@H](NC(=O)OCC1c2ccccc2-c2ccccc21)C(=O)O. The minimum absolute atomic E-state index is 0.0472. The van der Waals surface area contributed by atoms with Gasteiger partial charge in [-0.25, -0.2) is 9.59 Å². The second kappa shape index (κ2) is 9.22. The first-order chi connectivity index (χ1) is 13.6. The summed E-state index contributed by atoms with van der Waals surface area (Å²) in [7, 11) is 0. The number of unbranched alkanes of at least 4 members (excludes halogenated alkanes) is 2. The maximum absolute atomic E-state index is 12.2. The van der Waals surface area contributed by atoms with Gasteiger partial charge in [-0.2, -0.15) is 0 Å². The molecule has 1 aliphatic carbocycles. The van der Waals surface area contributed by atoms with Crippen molar-refractivity contribution >= 4 is 12.1 Å². The fourth-order valence-corrected chi connectivity index (χ4v) is 3.68. The van der Waals surface area contributed by atoms with Gasteiger partial charge in [0.2, 0.25) is 0 Å². The maximum Gasteiger partial charge on any atom is 0.407 e. The second-order valence-electron chi connectivity index (χ2n) is 6.93. The van der Waals surface area contributed by atoms with Crippen molar-refractivity contribution in [2.24, 2.45) is 0 Å². The monoisotopic (exact) mass is 379 g/mol. The lowest BCUT2D eigenvalue weighted by atomic mass is 9.98. The standard InChI is InChI=1S/C23H25NO4/c1-2-3-4-5-14-21(22(25)26)24-23(27)28-15-20-18-12-8-6-10-16(18)17-11-7-9-13-19(17)20/h2,6-13,20-21H,1,3-5,14-15H2,(H,24,27)(H,25,26)/t21-/m1/s1. The van der Waals surface area contributed by atoms with Gasteiger partial charge < -0.3 is 15.2 Å². The van der Waals surface area contributed by atoms with Crippen LogP contribution in [0.15, 0.2) is 61.2 Å². The number of benzene rings is 2. The summed E-state index contributed by atoms with van der Waals surface area (Å²) in [6, 6.07) is 15.2. The summed E-state index contributed by atoms with van der Waals surface area (Å²) >= 11 is 0. The highest BCUT2D eigenvalue weighted by molar-refractivity contribution is 5.81. The van der Waals surface area contributed by atoms with E-state index in [0.717, 1.165) is 35.1 Å². The summed E-state index contributed by atoms with van der Waals surface area (Å²) < 4.78 is 5.42. The number of carbonyl (C=O) groups excluding carboxylic acids is 1. The van der Waals surface area contributed by atoms with Crippen LogP contribution in [0.2, 0.25) is 0 Å². The van der Waals surface area contributed by atoms with Gasteiger partial charge in [0.15, 0.2) is 0 Å². The lowest BCUT2D eigenvalue weighted by molar-refractivity contribution is -0.139. The van der Waals surface area contributed by atoms with Crippen LogP contribution in [-0.4, -0.2) is 29.8 Å². The zero-order valence-corrected chi connectivity index (χ0v) is 15.8. The molecule has 1 atom stereocenters. The zero-order chi connectivity index (χ0) is 19.9. The van der Waals surface area contributed by atoms with Crippen molar-refractivity contribution in [1.29, 1.82) is 0 Å². The highest BCUT2D eigenvalue weighted by Gasteiger charge is 2.29. The summed E-state index contributed by atoms with van der Waals surface area (Å²) in [5.41, 5.74) is 4.54. The van der Waals surface area contributed by atoms with Gasteiger partial charge in [0.25, 0.3) is 0 Å². The van der Waals surface area contributed by atoms with Crippen molar-refractivity contribution in [3.63, 3.8) is 0 Å². The Balaban J connectivity index is 1.61. The molecular formula is C23H25NO4. The van der Waals surface area contributed by atoms with Gasteiger partial charge in [-0.15, -0.1) is 6.58 Å². The molecule has 0 saturated carbocycles. The van der Waals surface area contributed by atoms with Gasteiger partial charge in [0.1, 0.15) is 12.6 Å². The molecule has 0 spiro atoms. The number of amides is 1. The van der Waals surface area contributed by atoms with Gasteiger partial charge in [0.05, 0.1) is 0 Å². The van der Waals surface area contributed by atoms with Crippen molar-refractivity contribution in [3.8, 4) is 11.1 Å². The van der Waals surface area contributed by atoms with Gasteiger partial charge in [-0.1, -0.05) is 61.0 Å². The summed E-state index contributed by atoms with van der Waals surface area (Å²) in [6.45, 7) is 3.82. The van der Waals surface area contributed by atoms with E-state index in [4.69, 9.17) is 4.74 Å². The molecule has 1 aliphatic rings. The quantitative estimate of drug-likeness (QED) is 0.488. The molecule has 5 nitrogen and oxygen atoms in total. The van der Waals surface area contributed by atoms with Crippen molar-refractivity contribution in [1.82, 2.24) is 5.32 Å². The Morgan fingerprint density at radius 3 is 2.25 bits per heavy atom. The molecular weight excluding hydrogens is 354 g/mol. The van der Waals surface area contributed by atoms with E-state index in [1.165, 1.54) is 0 Å². The molecule has 5 heteroatoms. The fourth-order valence-electron chi connectivity index (χ4n) is 3.68. The Bertz CT molecular complexity index is 816. The van der Waals surface area contributed by atoms with Crippen LogP contribution in [0.25, 0.3) is 11.1 Å². The highest BCUT2D eigenvalue weighted by Crippen LogP contribution is 2.44. The maximum atomic E-state index is 12.2. The van der Waals surface area contributed by atoms with Crippen LogP contribution in [-0.2, 0) is 9.53 Å². The van der Waals surface area contributed by atoms with Crippen LogP contribution in [0.3, 0.4) is 0 Å². The molecule has 1 amide bonds. The van der Waals surface area contributed by atoms with Crippen LogP contribution in [0.5, 0.6) is 0 Å². The predicted molar refractivity (Wildman–Crippen MR) is 108 cm³/mol. The number of nitrogens with one attached hydrogen (secondary N) is 1. The molecule has 2 aromatic rings. The van der Waals surface area contributed by atoms with Crippen LogP contribution in [0.1, 0.15) is 42.7 Å². The number of hydrogen-bond donors (Lipinski definition) is 2. The molecule has 0 bridgehead atoms. The van der Waals surface area contributed by atoms with Crippen LogP contribution >= 0.6 is 0 Å². The molecule has 0 saturated heterocycles. The van der Waals surface area contributed by atoms with Crippen LogP contribution in [0, 0.1) is 0 Å². The molecule has 0 aromatic heterocycles. The smallest absolute Gasteiger partial charge is 0.407 e. The lowest BCUT2D eigenvalue weighted by Crippen LogP contribution is -2.41. The summed E-state index contributed by atoms with van der Waals surface area (Å²) in [4.78, 5) is 23.6. The fraction of sp³-hybridized carbons (Fsp3) is 0.304. The normalized spacial score (nSPS) is 13.3. The number of carbonyl (C=O) groups is 2. The van der Waals surface area contributed by atoms with Gasteiger partial charge in [0, 0.05) is 5.92 Å². The number of hydrogen-bond acceptors (Lipinski definition) is 3. The second-order valence-corrected chi connectivity index (χ2v) is 6.93. The highest BCUT2D eigenvalue weighted by atomic mass is 16.5. The molecule has 0 fully saturated rings. The van der Waals surface area contributed by atoms with E-state index < -0.39 is 18.1 Å². The minimum atomic E-state index is -1.05. The van der Waals surface area contributed by atoms with E-state index in [1.807, 2.05) is 36.4 Å². The van der Waals surface area contributed by atoms with Crippen LogP contribution in [0.4, 0.5) is 4.79 Å². The number of alkyl carbamates (subject to hydrolysis) is 1. The van der Waals surface area contributed by atoms with Crippen LogP contribution < -0.4 is 5.32 Å². The van der Waals surface area contributed by atoms with E-state index in [9.17, 15) is 14.7 Å². The van der Waals surface area contributed by atoms with Gasteiger partial charge >= 0.3 is 12.1 Å². The summed E-state index contributed by atoms with van der Waals surface area (Å²) in [6.07, 6.45) is 3.85. The number of rotatable bonds is 9. The van der Waals surface area contributed by atoms with E-state index in [1.54, 1.807) is 6.08 Å². The Morgan fingerprint density at radius 2 is 1.68 bits per heavy atom. The first-order valence-corrected chi connectivity index (χ1v) is 9.57. The molecule has 3 rings (SSSR count). The Morgan fingerprint density at radius 1 is 1.07 bits per heavy atom. The number of fused-ring (bicyclic) bond motifs is 3. The van der Waals surface area contributed by atoms with Crippen molar-refractivity contribution in [2.75, 3.05) is 6.61 Å². The van der Waals surface area contributed by atoms with Gasteiger partial charge in [-0.3, -0.25) is 0 Å². The van der Waals surface area contributed by atoms with E-state index >= 15 is 0 Å². The average molecular weight is 379 g/mol. The molecule has 0 unspecified atom stereocenters. The number of ether oxygens (including phenoxy) is 1. The van der Waals surface area contributed by atoms with Gasteiger partial charge in [-0.05, 0) is 41.5 Å². The first-order valence-electron chi connectivity index (χ1n) is 9.57. The van der Waals surface area contributed by atoms with E-state index in [-0.39, 0.29) is 12.5 Å². The largest absolute Gasteiger partial charge is 0.480 e. The third kappa shape index (κ3) is 4.42. The average Bonchev–Trinajstić information content (AvgIpc) is 3.02. The Hall–Kier alpha value is -3.08. The first kappa shape index (κ1) is 19.7. The molecule has 2 aromatic carbocycles. The molecule has 28 heavy (non-hydrogen) atoms. The lowest BCUT2D eigenvalue weighted by Gasteiger charge is -2.17. The molecule has 146 valence electrons. The number of aliphatic carboxylic acids is 1. The topological polar surface area (TPSA) is 75.6 Å². The molecule has 0 radical (unpaired) electrons. The number of carboxylic acid groups (broad SMARTS) is 1. The van der Waals surface area contributed by atoms with E-state index in [0.29, 0.717) is 12.8 Å². The van der Waals surface area contributed by atoms with Crippen molar-refractivity contribution in [3.05, 3.63) is 72.3 Å². The van der Waals surface area contributed by atoms with Crippen molar-refractivity contribution in [2.45, 2.75) is 37.6 Å². The number of carboxylic acids is 1. The molecule has 2 N–H and O–H groups in total. The third-order valence-corrected chi connectivity index (χ3v) is 5.08. The zero-order valence-electron chi connectivity index (χ0n) is 15.8. The Kier molecular flexibility index (Phi) is 6.48. The molecule has 0 heterocycles. The summed E-state index contributed by atoms with van der Waals surface area (Å²) in [5, 5.41) is 11.8. The van der Waals surface area contributed by atoms with E-state index in [2.05, 4.69) is 24.0 Å². The Labute approximate surface area is 165 Å². The third-order valence-electron chi connectivity index (χ3n) is 5.08. The van der Waals surface area contributed by atoms with Crippen molar-refractivity contribution < 1.29 is 19.4 Å². The minimum Gasteiger partial charge on any atom is -0.480 e. The predicted octanol–water partition coefficient (Wildman–Crippen LogP) is 4.72.